The zero-order valence-electron chi connectivity index (χ0n) is 16.0. The zero-order chi connectivity index (χ0) is 19.0. The van der Waals surface area contributed by atoms with Crippen molar-refractivity contribution in [1.82, 2.24) is 9.21 Å². The van der Waals surface area contributed by atoms with Gasteiger partial charge in [0.15, 0.2) is 0 Å². The topological polar surface area (TPSA) is 69.7 Å². The summed E-state index contributed by atoms with van der Waals surface area (Å²) in [4.78, 5) is 14.3. The molecule has 0 unspecified atom stereocenters. The second-order valence-electron chi connectivity index (χ2n) is 6.42. The first-order chi connectivity index (χ1) is 11.7. The Morgan fingerprint density at radius 1 is 1.04 bits per heavy atom. The van der Waals surface area contributed by atoms with E-state index in [0.29, 0.717) is 13.1 Å². The summed E-state index contributed by atoms with van der Waals surface area (Å²) < 4.78 is 25.1. The van der Waals surface area contributed by atoms with Crippen LogP contribution in [0.4, 0.5) is 5.69 Å². The van der Waals surface area contributed by atoms with Gasteiger partial charge in [-0.15, -0.1) is 0 Å². The van der Waals surface area contributed by atoms with E-state index in [2.05, 4.69) is 19.2 Å². The van der Waals surface area contributed by atoms with E-state index in [9.17, 15) is 13.2 Å². The second-order valence-corrected chi connectivity index (χ2v) is 8.40. The Bertz CT molecular complexity index is 650. The van der Waals surface area contributed by atoms with Crippen molar-refractivity contribution >= 4 is 21.6 Å². The van der Waals surface area contributed by atoms with Crippen LogP contribution in [0.25, 0.3) is 0 Å². The minimum Gasteiger partial charge on any atom is -0.326 e. The van der Waals surface area contributed by atoms with E-state index in [1.54, 1.807) is 0 Å². The summed E-state index contributed by atoms with van der Waals surface area (Å²) in [5.74, 6) is -0.158. The lowest BCUT2D eigenvalue weighted by atomic mass is 10.0. The summed E-state index contributed by atoms with van der Waals surface area (Å²) in [6, 6.07) is 6.02. The molecule has 0 spiro atoms. The van der Waals surface area contributed by atoms with Gasteiger partial charge in [0.05, 0.1) is 6.26 Å². The van der Waals surface area contributed by atoms with E-state index in [1.165, 1.54) is 10.6 Å². The van der Waals surface area contributed by atoms with Crippen molar-refractivity contribution in [3.05, 3.63) is 29.3 Å². The quantitative estimate of drug-likeness (QED) is 0.684. The summed E-state index contributed by atoms with van der Waals surface area (Å²) >= 11 is 0. The van der Waals surface area contributed by atoms with Crippen molar-refractivity contribution in [2.75, 3.05) is 45.3 Å². The normalized spacial score (nSPS) is 12.0. The first-order valence-electron chi connectivity index (χ1n) is 8.69. The molecular weight excluding hydrogens is 338 g/mol. The number of nitrogens with one attached hydrogen (secondary N) is 1. The van der Waals surface area contributed by atoms with Crippen LogP contribution >= 0.6 is 0 Å². The highest BCUT2D eigenvalue weighted by Crippen LogP contribution is 2.22. The highest BCUT2D eigenvalue weighted by Gasteiger charge is 2.18. The van der Waals surface area contributed by atoms with E-state index in [1.807, 2.05) is 37.2 Å². The van der Waals surface area contributed by atoms with Gasteiger partial charge in [-0.1, -0.05) is 32.0 Å². The molecule has 142 valence electrons. The van der Waals surface area contributed by atoms with Gasteiger partial charge >= 0.3 is 0 Å². The SMILES string of the molecule is CCc1cccc(CC)c1NC(=O)CCN(CCN(C)C)S(C)(=O)=O. The second kappa shape index (κ2) is 9.89. The molecular formula is C18H31N3O3S. The minimum absolute atomic E-state index is 0.141. The molecule has 1 amide bonds. The van der Waals surface area contributed by atoms with Crippen LogP contribution in [0.15, 0.2) is 18.2 Å². The number of anilines is 1. The van der Waals surface area contributed by atoms with Gasteiger partial charge in [0.25, 0.3) is 0 Å². The lowest BCUT2D eigenvalue weighted by molar-refractivity contribution is -0.116. The van der Waals surface area contributed by atoms with Crippen LogP contribution in [0.2, 0.25) is 0 Å². The average molecular weight is 370 g/mol. The lowest BCUT2D eigenvalue weighted by Crippen LogP contribution is -2.37. The number of aryl methyl sites for hydroxylation is 2. The Hall–Kier alpha value is -1.44. The molecule has 0 atom stereocenters. The molecule has 0 bridgehead atoms. The molecule has 0 aliphatic heterocycles. The van der Waals surface area contributed by atoms with E-state index in [0.717, 1.165) is 29.7 Å². The smallest absolute Gasteiger partial charge is 0.225 e. The predicted molar refractivity (Wildman–Crippen MR) is 103 cm³/mol. The van der Waals surface area contributed by atoms with Gasteiger partial charge in [-0.25, -0.2) is 12.7 Å². The first kappa shape index (κ1) is 21.6. The Morgan fingerprint density at radius 3 is 2.04 bits per heavy atom. The molecule has 0 heterocycles. The maximum atomic E-state index is 12.4. The fraction of sp³-hybridized carbons (Fsp3) is 0.611. The third-order valence-corrected chi connectivity index (χ3v) is 5.42. The molecule has 25 heavy (non-hydrogen) atoms. The summed E-state index contributed by atoms with van der Waals surface area (Å²) in [5.41, 5.74) is 3.07. The first-order valence-corrected chi connectivity index (χ1v) is 10.5. The number of para-hydroxylation sites is 1. The monoisotopic (exact) mass is 369 g/mol. The molecule has 1 N–H and O–H groups in total. The van der Waals surface area contributed by atoms with Crippen molar-refractivity contribution in [2.24, 2.45) is 0 Å². The summed E-state index contributed by atoms with van der Waals surface area (Å²) in [6.07, 6.45) is 2.99. The molecule has 6 nitrogen and oxygen atoms in total. The van der Waals surface area contributed by atoms with Gasteiger partial charge in [0.1, 0.15) is 0 Å². The molecule has 0 fully saturated rings. The van der Waals surface area contributed by atoms with E-state index < -0.39 is 10.0 Å². The van der Waals surface area contributed by atoms with E-state index in [4.69, 9.17) is 0 Å². The zero-order valence-corrected chi connectivity index (χ0v) is 16.8. The Labute approximate surface area is 152 Å². The Kier molecular flexibility index (Phi) is 8.55. The largest absolute Gasteiger partial charge is 0.326 e. The average Bonchev–Trinajstić information content (AvgIpc) is 2.53. The van der Waals surface area contributed by atoms with Crippen LogP contribution in [-0.4, -0.2) is 63.5 Å². The maximum absolute atomic E-state index is 12.4. The highest BCUT2D eigenvalue weighted by atomic mass is 32.2. The molecule has 1 rings (SSSR count). The maximum Gasteiger partial charge on any atom is 0.225 e. The van der Waals surface area contributed by atoms with Gasteiger partial charge in [-0.2, -0.15) is 0 Å². The molecule has 1 aromatic carbocycles. The van der Waals surface area contributed by atoms with Gasteiger partial charge in [0.2, 0.25) is 15.9 Å². The van der Waals surface area contributed by atoms with E-state index in [-0.39, 0.29) is 18.9 Å². The van der Waals surface area contributed by atoms with Crippen molar-refractivity contribution in [1.29, 1.82) is 0 Å². The summed E-state index contributed by atoms with van der Waals surface area (Å²) in [7, 11) is 0.452. The molecule has 0 aliphatic rings. The van der Waals surface area contributed by atoms with E-state index >= 15 is 0 Å². The summed E-state index contributed by atoms with van der Waals surface area (Å²) in [6.45, 7) is 5.29. The molecule has 0 saturated carbocycles. The van der Waals surface area contributed by atoms with Crippen molar-refractivity contribution < 1.29 is 13.2 Å². The molecule has 0 aromatic heterocycles. The highest BCUT2D eigenvalue weighted by molar-refractivity contribution is 7.88. The number of amides is 1. The fourth-order valence-electron chi connectivity index (χ4n) is 2.59. The molecule has 1 aromatic rings. The molecule has 7 heteroatoms. The summed E-state index contributed by atoms with van der Waals surface area (Å²) in [5, 5.41) is 2.98. The van der Waals surface area contributed by atoms with Gasteiger partial charge in [-0.05, 0) is 38.1 Å². The van der Waals surface area contributed by atoms with Crippen LogP contribution in [0, 0.1) is 0 Å². The number of rotatable bonds is 10. The standard InChI is InChI=1S/C18H31N3O3S/c1-6-15-9-8-10-16(7-2)18(15)19-17(22)11-12-21(25(5,23)24)14-13-20(3)4/h8-10H,6-7,11-14H2,1-5H3,(H,19,22). The van der Waals surface area contributed by atoms with Gasteiger partial charge < -0.3 is 10.2 Å². The number of nitrogens with zero attached hydrogens (tertiary/aromatic N) is 2. The number of sulfonamides is 1. The van der Waals surface area contributed by atoms with Crippen molar-refractivity contribution in [3.8, 4) is 0 Å². The third-order valence-electron chi connectivity index (χ3n) is 4.12. The molecule has 0 aliphatic carbocycles. The number of benzene rings is 1. The number of carbonyl (C=O) groups excluding carboxylic acids is 1. The van der Waals surface area contributed by atoms with Gasteiger partial charge in [-0.3, -0.25) is 4.79 Å². The van der Waals surface area contributed by atoms with Crippen LogP contribution in [0.5, 0.6) is 0 Å². The van der Waals surface area contributed by atoms with Crippen LogP contribution in [0.1, 0.15) is 31.4 Å². The number of hydrogen-bond donors (Lipinski definition) is 1. The van der Waals surface area contributed by atoms with Crippen molar-refractivity contribution in [3.63, 3.8) is 0 Å². The molecule has 0 saturated heterocycles. The number of likely N-dealkylation sites (N-methyl/N-ethyl adjacent to an activating group) is 1. The van der Waals surface area contributed by atoms with Crippen LogP contribution < -0.4 is 5.32 Å². The molecule has 0 radical (unpaired) electrons. The Balaban J connectivity index is 2.76. The number of carbonyl (C=O) groups is 1. The Morgan fingerprint density at radius 2 is 1.60 bits per heavy atom. The van der Waals surface area contributed by atoms with Crippen LogP contribution in [-0.2, 0) is 27.7 Å². The lowest BCUT2D eigenvalue weighted by Gasteiger charge is -2.22. The minimum atomic E-state index is -3.33. The number of hydrogen-bond acceptors (Lipinski definition) is 4. The van der Waals surface area contributed by atoms with Crippen LogP contribution in [0.3, 0.4) is 0 Å². The third kappa shape index (κ3) is 7.13. The van der Waals surface area contributed by atoms with Gasteiger partial charge in [0, 0.05) is 31.7 Å². The fourth-order valence-corrected chi connectivity index (χ4v) is 3.42. The predicted octanol–water partition coefficient (Wildman–Crippen LogP) is 1.96. The van der Waals surface area contributed by atoms with Crippen molar-refractivity contribution in [2.45, 2.75) is 33.1 Å².